The summed E-state index contributed by atoms with van der Waals surface area (Å²) in [5, 5.41) is 0. The number of benzene rings is 1. The zero-order valence-corrected chi connectivity index (χ0v) is 8.29. The fraction of sp³-hybridized carbons (Fsp3) is 0.154. The molecule has 0 aliphatic rings. The Morgan fingerprint density at radius 2 is 1.93 bits per heavy atom. The average molecular weight is 185 g/mol. The number of aryl methyl sites for hydroxylation is 1. The standard InChI is InChI=1S/C13H13O/c1-10-8-13(14-11(10)2)9-12-6-4-3-5-7-12/h3-8H,1,9H2,2H3. The molecule has 14 heavy (non-hydrogen) atoms. The van der Waals surface area contributed by atoms with Gasteiger partial charge in [0.25, 0.3) is 0 Å². The van der Waals surface area contributed by atoms with E-state index >= 15 is 0 Å². The van der Waals surface area contributed by atoms with Gasteiger partial charge in [-0.3, -0.25) is 0 Å². The molecule has 71 valence electrons. The van der Waals surface area contributed by atoms with Crippen LogP contribution in [0.1, 0.15) is 22.6 Å². The highest BCUT2D eigenvalue weighted by molar-refractivity contribution is 5.27. The van der Waals surface area contributed by atoms with Crippen molar-refractivity contribution < 1.29 is 4.42 Å². The van der Waals surface area contributed by atoms with E-state index in [2.05, 4.69) is 19.1 Å². The van der Waals surface area contributed by atoms with Crippen LogP contribution in [0.4, 0.5) is 0 Å². The predicted molar refractivity (Wildman–Crippen MR) is 57.2 cm³/mol. The molecule has 2 aromatic rings. The Balaban J connectivity index is 2.19. The highest BCUT2D eigenvalue weighted by atomic mass is 16.3. The van der Waals surface area contributed by atoms with E-state index in [1.165, 1.54) is 5.56 Å². The predicted octanol–water partition coefficient (Wildman–Crippen LogP) is 3.36. The molecule has 0 aliphatic carbocycles. The van der Waals surface area contributed by atoms with Crippen molar-refractivity contribution in [1.82, 2.24) is 0 Å². The Kier molecular flexibility index (Phi) is 2.40. The van der Waals surface area contributed by atoms with Gasteiger partial charge in [-0.2, -0.15) is 0 Å². The van der Waals surface area contributed by atoms with Crippen LogP contribution in [0.25, 0.3) is 0 Å². The van der Waals surface area contributed by atoms with Crippen LogP contribution in [0.2, 0.25) is 0 Å². The van der Waals surface area contributed by atoms with Gasteiger partial charge in [-0.1, -0.05) is 30.3 Å². The maximum atomic E-state index is 5.56. The molecule has 0 aliphatic heterocycles. The third-order valence-electron chi connectivity index (χ3n) is 2.29. The van der Waals surface area contributed by atoms with Crippen molar-refractivity contribution in [2.75, 3.05) is 0 Å². The molecule has 0 saturated carbocycles. The van der Waals surface area contributed by atoms with Crippen LogP contribution in [-0.2, 0) is 6.42 Å². The van der Waals surface area contributed by atoms with Gasteiger partial charge >= 0.3 is 0 Å². The molecule has 1 heteroatoms. The smallest absolute Gasteiger partial charge is 0.108 e. The van der Waals surface area contributed by atoms with Crippen LogP contribution < -0.4 is 0 Å². The summed E-state index contributed by atoms with van der Waals surface area (Å²) in [7, 11) is 0. The normalized spacial score (nSPS) is 10.4. The minimum Gasteiger partial charge on any atom is -0.466 e. The van der Waals surface area contributed by atoms with Crippen LogP contribution in [0, 0.1) is 13.8 Å². The summed E-state index contributed by atoms with van der Waals surface area (Å²) in [6, 6.07) is 12.3. The van der Waals surface area contributed by atoms with Gasteiger partial charge < -0.3 is 4.42 Å². The van der Waals surface area contributed by atoms with Crippen LogP contribution >= 0.6 is 0 Å². The molecule has 1 aromatic carbocycles. The number of hydrogen-bond acceptors (Lipinski definition) is 1. The largest absolute Gasteiger partial charge is 0.466 e. The third-order valence-corrected chi connectivity index (χ3v) is 2.29. The van der Waals surface area contributed by atoms with Crippen LogP contribution in [0.15, 0.2) is 40.8 Å². The van der Waals surface area contributed by atoms with Crippen molar-refractivity contribution in [3.63, 3.8) is 0 Å². The zero-order chi connectivity index (χ0) is 9.97. The second-order valence-electron chi connectivity index (χ2n) is 3.46. The molecule has 0 amide bonds. The topological polar surface area (TPSA) is 13.1 Å². The Hall–Kier alpha value is -1.50. The van der Waals surface area contributed by atoms with Crippen LogP contribution in [0.5, 0.6) is 0 Å². The Labute approximate surface area is 84.4 Å². The average Bonchev–Trinajstić information content (AvgIpc) is 2.47. The van der Waals surface area contributed by atoms with Gasteiger partial charge in [-0.05, 0) is 31.0 Å². The van der Waals surface area contributed by atoms with Gasteiger partial charge in [0, 0.05) is 6.42 Å². The van der Waals surface area contributed by atoms with Crippen molar-refractivity contribution in [3.05, 3.63) is 66.0 Å². The van der Waals surface area contributed by atoms with Crippen LogP contribution in [0.3, 0.4) is 0 Å². The van der Waals surface area contributed by atoms with E-state index in [1.54, 1.807) is 0 Å². The summed E-state index contributed by atoms with van der Waals surface area (Å²) < 4.78 is 5.56. The molecule has 0 saturated heterocycles. The van der Waals surface area contributed by atoms with E-state index in [1.807, 2.05) is 31.2 Å². The van der Waals surface area contributed by atoms with Gasteiger partial charge in [0.15, 0.2) is 0 Å². The molecule has 0 fully saturated rings. The summed E-state index contributed by atoms with van der Waals surface area (Å²) in [5.74, 6) is 1.90. The van der Waals surface area contributed by atoms with Gasteiger partial charge in [-0.15, -0.1) is 0 Å². The molecule has 0 bridgehead atoms. The SMILES string of the molecule is [CH2]c1cc(Cc2ccccc2)oc1C. The van der Waals surface area contributed by atoms with Crippen molar-refractivity contribution in [2.24, 2.45) is 0 Å². The summed E-state index contributed by atoms with van der Waals surface area (Å²) in [5.41, 5.74) is 2.25. The maximum absolute atomic E-state index is 5.56. The lowest BCUT2D eigenvalue weighted by atomic mass is 10.1. The molecule has 1 aromatic heterocycles. The van der Waals surface area contributed by atoms with E-state index in [9.17, 15) is 0 Å². The van der Waals surface area contributed by atoms with E-state index in [-0.39, 0.29) is 0 Å². The second kappa shape index (κ2) is 3.70. The molecule has 1 heterocycles. The first-order valence-corrected chi connectivity index (χ1v) is 4.71. The zero-order valence-electron chi connectivity index (χ0n) is 8.29. The molecule has 0 spiro atoms. The minimum atomic E-state index is 0.844. The second-order valence-corrected chi connectivity index (χ2v) is 3.46. The molecular formula is C13H13O. The molecule has 1 radical (unpaired) electrons. The van der Waals surface area contributed by atoms with E-state index < -0.39 is 0 Å². The van der Waals surface area contributed by atoms with Crippen molar-refractivity contribution in [3.8, 4) is 0 Å². The summed E-state index contributed by atoms with van der Waals surface area (Å²) in [6.45, 7) is 5.83. The van der Waals surface area contributed by atoms with Crippen LogP contribution in [-0.4, -0.2) is 0 Å². The third kappa shape index (κ3) is 1.87. The number of rotatable bonds is 2. The number of furan rings is 1. The van der Waals surface area contributed by atoms with E-state index in [4.69, 9.17) is 4.42 Å². The summed E-state index contributed by atoms with van der Waals surface area (Å²) >= 11 is 0. The van der Waals surface area contributed by atoms with Gasteiger partial charge in [0.05, 0.1) is 0 Å². The molecular weight excluding hydrogens is 172 g/mol. The van der Waals surface area contributed by atoms with Crippen molar-refractivity contribution in [1.29, 1.82) is 0 Å². The Morgan fingerprint density at radius 1 is 1.21 bits per heavy atom. The highest BCUT2D eigenvalue weighted by Crippen LogP contribution is 2.16. The molecule has 0 N–H and O–H groups in total. The number of hydrogen-bond donors (Lipinski definition) is 0. The monoisotopic (exact) mass is 185 g/mol. The van der Waals surface area contributed by atoms with E-state index in [0.29, 0.717) is 0 Å². The lowest BCUT2D eigenvalue weighted by Gasteiger charge is -1.96. The van der Waals surface area contributed by atoms with Crippen molar-refractivity contribution in [2.45, 2.75) is 13.3 Å². The fourth-order valence-electron chi connectivity index (χ4n) is 1.47. The minimum absolute atomic E-state index is 0.844. The Bertz CT molecular complexity index is 393. The van der Waals surface area contributed by atoms with Crippen molar-refractivity contribution >= 4 is 0 Å². The lowest BCUT2D eigenvalue weighted by Crippen LogP contribution is -1.83. The van der Waals surface area contributed by atoms with Gasteiger partial charge in [0.2, 0.25) is 0 Å². The first kappa shape index (κ1) is 9.07. The van der Waals surface area contributed by atoms with Gasteiger partial charge in [-0.25, -0.2) is 0 Å². The molecule has 2 rings (SSSR count). The molecule has 0 unspecified atom stereocenters. The first-order valence-electron chi connectivity index (χ1n) is 4.71. The highest BCUT2D eigenvalue weighted by Gasteiger charge is 2.03. The van der Waals surface area contributed by atoms with E-state index in [0.717, 1.165) is 23.5 Å². The quantitative estimate of drug-likeness (QED) is 0.699. The van der Waals surface area contributed by atoms with Gasteiger partial charge in [0.1, 0.15) is 11.5 Å². The maximum Gasteiger partial charge on any atom is 0.108 e. The molecule has 0 atom stereocenters. The molecule has 1 nitrogen and oxygen atoms in total. The Morgan fingerprint density at radius 3 is 2.50 bits per heavy atom. The first-order chi connectivity index (χ1) is 6.75. The fourth-order valence-corrected chi connectivity index (χ4v) is 1.47. The summed E-state index contributed by atoms with van der Waals surface area (Å²) in [6.07, 6.45) is 0.844. The summed E-state index contributed by atoms with van der Waals surface area (Å²) in [4.78, 5) is 0. The lowest BCUT2D eigenvalue weighted by molar-refractivity contribution is 0.492.